The highest BCUT2D eigenvalue weighted by molar-refractivity contribution is 6.33. The first-order valence-corrected chi connectivity index (χ1v) is 7.83. The van der Waals surface area contributed by atoms with Crippen LogP contribution >= 0.6 is 11.6 Å². The fraction of sp³-hybridized carbons (Fsp3) is 0. The van der Waals surface area contributed by atoms with Crippen LogP contribution in [0.15, 0.2) is 48.8 Å². The SMILES string of the molecule is NC(=O)c1cc(-c2ccnc3[nH]ccc23)[nH]c1-c1ccc(F)cc1Cl. The van der Waals surface area contributed by atoms with Crippen molar-refractivity contribution in [2.45, 2.75) is 0 Å². The molecule has 0 fully saturated rings. The predicted molar refractivity (Wildman–Crippen MR) is 94.8 cm³/mol. The molecule has 1 aromatic carbocycles. The lowest BCUT2D eigenvalue weighted by atomic mass is 10.1. The number of amides is 1. The molecule has 0 atom stereocenters. The molecule has 0 saturated heterocycles. The first kappa shape index (κ1) is 15.4. The second-order valence-electron chi connectivity index (χ2n) is 5.56. The third-order valence-electron chi connectivity index (χ3n) is 4.03. The van der Waals surface area contributed by atoms with Gasteiger partial charge < -0.3 is 15.7 Å². The number of aromatic nitrogens is 3. The molecule has 0 saturated carbocycles. The molecule has 3 aromatic heterocycles. The van der Waals surface area contributed by atoms with Gasteiger partial charge in [-0.2, -0.15) is 0 Å². The lowest BCUT2D eigenvalue weighted by Gasteiger charge is -2.05. The Hall–Kier alpha value is -3.12. The predicted octanol–water partition coefficient (Wildman–Crippen LogP) is 4.12. The van der Waals surface area contributed by atoms with E-state index in [1.54, 1.807) is 18.5 Å². The van der Waals surface area contributed by atoms with E-state index in [4.69, 9.17) is 17.3 Å². The summed E-state index contributed by atoms with van der Waals surface area (Å²) in [6.07, 6.45) is 3.46. The van der Waals surface area contributed by atoms with Crippen LogP contribution in [0, 0.1) is 5.82 Å². The number of nitrogens with one attached hydrogen (secondary N) is 2. The maximum absolute atomic E-state index is 13.3. The van der Waals surface area contributed by atoms with Crippen LogP contribution < -0.4 is 5.73 Å². The molecule has 124 valence electrons. The van der Waals surface area contributed by atoms with E-state index in [0.29, 0.717) is 17.0 Å². The number of nitrogens with two attached hydrogens (primary N) is 1. The number of halogens is 2. The van der Waals surface area contributed by atoms with Gasteiger partial charge in [0.1, 0.15) is 11.5 Å². The van der Waals surface area contributed by atoms with E-state index in [0.717, 1.165) is 16.6 Å². The van der Waals surface area contributed by atoms with Crippen LogP contribution in [0.3, 0.4) is 0 Å². The van der Waals surface area contributed by atoms with Crippen molar-refractivity contribution < 1.29 is 9.18 Å². The van der Waals surface area contributed by atoms with E-state index >= 15 is 0 Å². The number of rotatable bonds is 3. The van der Waals surface area contributed by atoms with E-state index in [2.05, 4.69) is 15.0 Å². The number of pyridine rings is 1. The monoisotopic (exact) mass is 354 g/mol. The minimum atomic E-state index is -0.600. The Labute approximate surface area is 146 Å². The fourth-order valence-corrected chi connectivity index (χ4v) is 3.16. The average molecular weight is 355 g/mol. The van der Waals surface area contributed by atoms with Gasteiger partial charge in [-0.25, -0.2) is 9.37 Å². The molecule has 5 nitrogen and oxygen atoms in total. The van der Waals surface area contributed by atoms with Gasteiger partial charge in [0.2, 0.25) is 0 Å². The molecule has 0 aliphatic carbocycles. The van der Waals surface area contributed by atoms with Crippen LogP contribution in [-0.4, -0.2) is 20.9 Å². The van der Waals surface area contributed by atoms with Crippen LogP contribution in [0.1, 0.15) is 10.4 Å². The van der Waals surface area contributed by atoms with E-state index < -0.39 is 11.7 Å². The number of primary amides is 1. The van der Waals surface area contributed by atoms with Crippen LogP contribution in [0.4, 0.5) is 4.39 Å². The third-order valence-corrected chi connectivity index (χ3v) is 4.35. The third kappa shape index (κ3) is 2.56. The second-order valence-corrected chi connectivity index (χ2v) is 5.97. The van der Waals surface area contributed by atoms with Crippen LogP contribution in [0.5, 0.6) is 0 Å². The number of aromatic amines is 2. The number of nitrogens with zero attached hydrogens (tertiary/aromatic N) is 1. The summed E-state index contributed by atoms with van der Waals surface area (Å²) in [5, 5.41) is 1.09. The largest absolute Gasteiger partial charge is 0.366 e. The zero-order chi connectivity index (χ0) is 17.6. The zero-order valence-corrected chi connectivity index (χ0v) is 13.6. The van der Waals surface area contributed by atoms with Gasteiger partial charge in [-0.3, -0.25) is 4.79 Å². The van der Waals surface area contributed by atoms with Gasteiger partial charge in [0.25, 0.3) is 5.91 Å². The van der Waals surface area contributed by atoms with Crippen molar-refractivity contribution in [2.75, 3.05) is 0 Å². The van der Waals surface area contributed by atoms with Crippen LogP contribution in [0.2, 0.25) is 5.02 Å². The Morgan fingerprint density at radius 3 is 2.76 bits per heavy atom. The molecule has 4 rings (SSSR count). The maximum Gasteiger partial charge on any atom is 0.250 e. The molecule has 0 spiro atoms. The summed E-state index contributed by atoms with van der Waals surface area (Å²) in [5.74, 6) is -1.05. The lowest BCUT2D eigenvalue weighted by molar-refractivity contribution is 0.100. The van der Waals surface area contributed by atoms with Crippen molar-refractivity contribution in [1.82, 2.24) is 15.0 Å². The summed E-state index contributed by atoms with van der Waals surface area (Å²) in [7, 11) is 0. The minimum Gasteiger partial charge on any atom is -0.366 e. The molecule has 0 bridgehead atoms. The van der Waals surface area contributed by atoms with E-state index in [1.165, 1.54) is 18.2 Å². The zero-order valence-electron chi connectivity index (χ0n) is 12.8. The van der Waals surface area contributed by atoms with Crippen molar-refractivity contribution in [1.29, 1.82) is 0 Å². The normalized spacial score (nSPS) is 11.1. The Bertz CT molecular complexity index is 1120. The number of carbonyl (C=O) groups is 1. The molecule has 0 unspecified atom stereocenters. The Morgan fingerprint density at radius 2 is 2.00 bits per heavy atom. The van der Waals surface area contributed by atoms with Gasteiger partial charge in [-0.1, -0.05) is 11.6 Å². The topological polar surface area (TPSA) is 87.6 Å². The van der Waals surface area contributed by atoms with Crippen molar-refractivity contribution in [3.8, 4) is 22.5 Å². The molecule has 0 aliphatic heterocycles. The summed E-state index contributed by atoms with van der Waals surface area (Å²) >= 11 is 6.15. The van der Waals surface area contributed by atoms with E-state index in [-0.39, 0.29) is 10.6 Å². The Balaban J connectivity index is 1.95. The fourth-order valence-electron chi connectivity index (χ4n) is 2.89. The first-order valence-electron chi connectivity index (χ1n) is 7.45. The summed E-state index contributed by atoms with van der Waals surface area (Å²) in [5.41, 5.74) is 9.04. The van der Waals surface area contributed by atoms with Gasteiger partial charge in [0, 0.05) is 34.6 Å². The van der Waals surface area contributed by atoms with Gasteiger partial charge in [-0.05, 0) is 36.4 Å². The molecule has 4 N–H and O–H groups in total. The molecule has 1 amide bonds. The highest BCUT2D eigenvalue weighted by atomic mass is 35.5. The standard InChI is InChI=1S/C18H12ClFN4O/c19-14-7-9(20)1-2-12(14)16-13(17(21)25)8-15(24-16)10-3-5-22-18-11(10)4-6-23-18/h1-8,24H,(H2,21,25)(H,22,23). The van der Waals surface area contributed by atoms with E-state index in [9.17, 15) is 9.18 Å². The molecule has 0 aliphatic rings. The Morgan fingerprint density at radius 1 is 1.16 bits per heavy atom. The van der Waals surface area contributed by atoms with Crippen molar-refractivity contribution in [3.05, 3.63) is 65.2 Å². The second kappa shape index (κ2) is 5.75. The maximum atomic E-state index is 13.3. The summed E-state index contributed by atoms with van der Waals surface area (Å²) in [6, 6.07) is 9.38. The minimum absolute atomic E-state index is 0.192. The molecule has 3 heterocycles. The van der Waals surface area contributed by atoms with Crippen LogP contribution in [0.25, 0.3) is 33.5 Å². The highest BCUT2D eigenvalue weighted by Crippen LogP contribution is 2.35. The van der Waals surface area contributed by atoms with Crippen molar-refractivity contribution >= 4 is 28.5 Å². The number of H-pyrrole nitrogens is 2. The van der Waals surface area contributed by atoms with E-state index in [1.807, 2.05) is 12.1 Å². The molecule has 7 heteroatoms. The highest BCUT2D eigenvalue weighted by Gasteiger charge is 2.19. The van der Waals surface area contributed by atoms with Crippen molar-refractivity contribution in [3.63, 3.8) is 0 Å². The number of hydrogen-bond acceptors (Lipinski definition) is 2. The number of carbonyl (C=O) groups excluding carboxylic acids is 1. The summed E-state index contributed by atoms with van der Waals surface area (Å²) in [6.45, 7) is 0. The number of hydrogen-bond donors (Lipinski definition) is 3. The quantitative estimate of drug-likeness (QED) is 0.517. The molecule has 0 radical (unpaired) electrons. The van der Waals surface area contributed by atoms with Gasteiger partial charge in [0.05, 0.1) is 16.3 Å². The molecular formula is C18H12ClFN4O. The van der Waals surface area contributed by atoms with Crippen molar-refractivity contribution in [2.24, 2.45) is 5.73 Å². The van der Waals surface area contributed by atoms with Gasteiger partial charge in [-0.15, -0.1) is 0 Å². The number of fused-ring (bicyclic) bond motifs is 1. The summed E-state index contributed by atoms with van der Waals surface area (Å²) < 4.78 is 13.3. The smallest absolute Gasteiger partial charge is 0.250 e. The van der Waals surface area contributed by atoms with Gasteiger partial charge >= 0.3 is 0 Å². The first-order chi connectivity index (χ1) is 12.0. The van der Waals surface area contributed by atoms with Crippen LogP contribution in [-0.2, 0) is 0 Å². The Kier molecular flexibility index (Phi) is 3.54. The average Bonchev–Trinajstić information content (AvgIpc) is 3.21. The summed E-state index contributed by atoms with van der Waals surface area (Å²) in [4.78, 5) is 22.4. The molecular weight excluding hydrogens is 343 g/mol. The van der Waals surface area contributed by atoms with Gasteiger partial charge in [0.15, 0.2) is 0 Å². The molecule has 25 heavy (non-hydrogen) atoms. The number of benzene rings is 1. The molecule has 4 aromatic rings. The lowest BCUT2D eigenvalue weighted by Crippen LogP contribution is -2.11.